The summed E-state index contributed by atoms with van der Waals surface area (Å²) in [6, 6.07) is 11.8. The lowest BCUT2D eigenvalue weighted by molar-refractivity contribution is 0.368. The lowest BCUT2D eigenvalue weighted by atomic mass is 9.97. The molecular weight excluding hydrogens is 295 g/mol. The molecule has 0 aliphatic rings. The van der Waals surface area contributed by atoms with Crippen molar-refractivity contribution in [3.05, 3.63) is 64.3 Å². The molecule has 0 aliphatic carbocycles. The zero-order chi connectivity index (χ0) is 16.4. The van der Waals surface area contributed by atoms with Crippen molar-refractivity contribution in [3.63, 3.8) is 0 Å². The average molecular weight is 308 g/mol. The highest BCUT2D eigenvalue weighted by Gasteiger charge is 2.12. The van der Waals surface area contributed by atoms with Crippen molar-refractivity contribution in [1.82, 2.24) is 4.98 Å². The minimum absolute atomic E-state index is 0.0912. The van der Waals surface area contributed by atoms with Gasteiger partial charge in [-0.05, 0) is 47.7 Å². The van der Waals surface area contributed by atoms with E-state index < -0.39 is 0 Å². The standard InChI is InChI=1S/C18H13FN2O2/c1-11-13(3-2-4-17(11)19)16-10-21-18(22)15-9-12(23-8-7-20)5-6-14(15)16/h2-6,9-10H,8H2,1H3,(H,21,22). The van der Waals surface area contributed by atoms with E-state index in [9.17, 15) is 9.18 Å². The Hall–Kier alpha value is -3.13. The molecule has 1 heterocycles. The number of fused-ring (bicyclic) bond motifs is 1. The predicted octanol–water partition coefficient (Wildman–Crippen LogP) is 3.55. The Bertz CT molecular complexity index is 986. The van der Waals surface area contributed by atoms with Crippen molar-refractivity contribution in [2.75, 3.05) is 6.61 Å². The van der Waals surface area contributed by atoms with Gasteiger partial charge < -0.3 is 9.72 Å². The summed E-state index contributed by atoms with van der Waals surface area (Å²) in [6.07, 6.45) is 1.59. The molecule has 23 heavy (non-hydrogen) atoms. The van der Waals surface area contributed by atoms with Gasteiger partial charge in [0.05, 0.1) is 5.39 Å². The monoisotopic (exact) mass is 308 g/mol. The molecule has 3 aromatic rings. The van der Waals surface area contributed by atoms with Gasteiger partial charge in [-0.2, -0.15) is 5.26 Å². The highest BCUT2D eigenvalue weighted by atomic mass is 19.1. The van der Waals surface area contributed by atoms with Crippen molar-refractivity contribution in [3.8, 4) is 22.9 Å². The summed E-state index contributed by atoms with van der Waals surface area (Å²) in [5.41, 5.74) is 1.71. The predicted molar refractivity (Wildman–Crippen MR) is 85.8 cm³/mol. The normalized spacial score (nSPS) is 10.5. The summed E-state index contributed by atoms with van der Waals surface area (Å²) < 4.78 is 19.1. The van der Waals surface area contributed by atoms with Crippen LogP contribution >= 0.6 is 0 Å². The summed E-state index contributed by atoms with van der Waals surface area (Å²) in [6.45, 7) is 1.61. The maximum atomic E-state index is 13.8. The molecule has 0 fully saturated rings. The maximum absolute atomic E-state index is 13.8. The van der Waals surface area contributed by atoms with Crippen molar-refractivity contribution >= 4 is 10.8 Å². The van der Waals surface area contributed by atoms with Crippen LogP contribution < -0.4 is 10.3 Å². The van der Waals surface area contributed by atoms with Crippen LogP contribution in [0.1, 0.15) is 5.56 Å². The molecule has 0 bridgehead atoms. The van der Waals surface area contributed by atoms with E-state index in [1.807, 2.05) is 12.1 Å². The molecule has 4 nitrogen and oxygen atoms in total. The second-order valence-corrected chi connectivity index (χ2v) is 5.10. The lowest BCUT2D eigenvalue weighted by Gasteiger charge is -2.11. The van der Waals surface area contributed by atoms with Gasteiger partial charge in [0.2, 0.25) is 0 Å². The van der Waals surface area contributed by atoms with Crippen LogP contribution in [0.15, 0.2) is 47.4 Å². The number of benzene rings is 2. The van der Waals surface area contributed by atoms with E-state index in [-0.39, 0.29) is 18.0 Å². The molecule has 0 spiro atoms. The second-order valence-electron chi connectivity index (χ2n) is 5.10. The molecule has 0 saturated carbocycles. The van der Waals surface area contributed by atoms with Gasteiger partial charge in [0.1, 0.15) is 17.6 Å². The van der Waals surface area contributed by atoms with Crippen LogP contribution in [-0.4, -0.2) is 11.6 Å². The van der Waals surface area contributed by atoms with Gasteiger partial charge in [0.15, 0.2) is 6.61 Å². The molecule has 1 aromatic heterocycles. The third-order valence-corrected chi connectivity index (χ3v) is 3.73. The largest absolute Gasteiger partial charge is 0.479 e. The first kappa shape index (κ1) is 14.8. The van der Waals surface area contributed by atoms with Crippen LogP contribution in [0, 0.1) is 24.1 Å². The summed E-state index contributed by atoms with van der Waals surface area (Å²) >= 11 is 0. The summed E-state index contributed by atoms with van der Waals surface area (Å²) in [7, 11) is 0. The molecule has 0 saturated heterocycles. The average Bonchev–Trinajstić information content (AvgIpc) is 2.56. The highest BCUT2D eigenvalue weighted by molar-refractivity contribution is 5.97. The maximum Gasteiger partial charge on any atom is 0.255 e. The Morgan fingerprint density at radius 3 is 2.83 bits per heavy atom. The molecule has 0 unspecified atom stereocenters. The number of ether oxygens (including phenoxy) is 1. The minimum Gasteiger partial charge on any atom is -0.479 e. The Kier molecular flexibility index (Phi) is 3.82. The first-order valence-electron chi connectivity index (χ1n) is 7.02. The minimum atomic E-state index is -0.296. The number of H-pyrrole nitrogens is 1. The number of nitrogens with one attached hydrogen (secondary N) is 1. The van der Waals surface area contributed by atoms with Crippen LogP contribution in [0.5, 0.6) is 5.75 Å². The van der Waals surface area contributed by atoms with Crippen LogP contribution in [0.25, 0.3) is 21.9 Å². The quantitative estimate of drug-likeness (QED) is 0.804. The summed E-state index contributed by atoms with van der Waals surface area (Å²) in [5, 5.41) is 9.70. The SMILES string of the molecule is Cc1c(F)cccc1-c1c[nH]c(=O)c2cc(OCC#N)ccc12. The van der Waals surface area contributed by atoms with Crippen LogP contribution in [0.4, 0.5) is 4.39 Å². The Labute approximate surface area is 131 Å². The Balaban J connectivity index is 2.24. The first-order valence-corrected chi connectivity index (χ1v) is 7.02. The van der Waals surface area contributed by atoms with E-state index in [1.54, 1.807) is 37.4 Å². The molecule has 0 amide bonds. The molecule has 2 aromatic carbocycles. The van der Waals surface area contributed by atoms with Gasteiger partial charge in [-0.15, -0.1) is 0 Å². The molecular formula is C18H13FN2O2. The van der Waals surface area contributed by atoms with Crippen LogP contribution in [-0.2, 0) is 0 Å². The fourth-order valence-corrected chi connectivity index (χ4v) is 2.57. The number of aromatic nitrogens is 1. The molecule has 3 rings (SSSR count). The van der Waals surface area contributed by atoms with Crippen molar-refractivity contribution < 1.29 is 9.13 Å². The number of aromatic amines is 1. The molecule has 1 N–H and O–H groups in total. The lowest BCUT2D eigenvalue weighted by Crippen LogP contribution is -2.07. The van der Waals surface area contributed by atoms with E-state index in [4.69, 9.17) is 10.00 Å². The number of hydrogen-bond acceptors (Lipinski definition) is 3. The Morgan fingerprint density at radius 1 is 1.22 bits per heavy atom. The van der Waals surface area contributed by atoms with Crippen LogP contribution in [0.3, 0.4) is 0 Å². The number of nitrogens with zero attached hydrogens (tertiary/aromatic N) is 1. The molecule has 0 aliphatic heterocycles. The number of hydrogen-bond donors (Lipinski definition) is 1. The molecule has 0 atom stereocenters. The van der Waals surface area contributed by atoms with E-state index in [2.05, 4.69) is 4.98 Å². The van der Waals surface area contributed by atoms with Gasteiger partial charge >= 0.3 is 0 Å². The van der Waals surface area contributed by atoms with Gasteiger partial charge in [0.25, 0.3) is 5.56 Å². The summed E-state index contributed by atoms with van der Waals surface area (Å²) in [5.74, 6) is 0.147. The number of rotatable bonds is 3. The third-order valence-electron chi connectivity index (χ3n) is 3.73. The van der Waals surface area contributed by atoms with E-state index in [0.717, 1.165) is 11.1 Å². The molecule has 0 radical (unpaired) electrons. The molecule has 5 heteroatoms. The topological polar surface area (TPSA) is 65.9 Å². The smallest absolute Gasteiger partial charge is 0.255 e. The number of halogens is 1. The Morgan fingerprint density at radius 2 is 2.04 bits per heavy atom. The van der Waals surface area contributed by atoms with E-state index in [1.165, 1.54) is 6.07 Å². The van der Waals surface area contributed by atoms with Gasteiger partial charge in [0, 0.05) is 11.8 Å². The number of pyridine rings is 1. The number of nitriles is 1. The van der Waals surface area contributed by atoms with Gasteiger partial charge in [-0.1, -0.05) is 12.1 Å². The van der Waals surface area contributed by atoms with Gasteiger partial charge in [-0.3, -0.25) is 4.79 Å². The summed E-state index contributed by atoms with van der Waals surface area (Å²) in [4.78, 5) is 14.8. The van der Waals surface area contributed by atoms with Crippen molar-refractivity contribution in [2.45, 2.75) is 6.92 Å². The van der Waals surface area contributed by atoms with Crippen molar-refractivity contribution in [2.24, 2.45) is 0 Å². The second kappa shape index (κ2) is 5.93. The van der Waals surface area contributed by atoms with Gasteiger partial charge in [-0.25, -0.2) is 4.39 Å². The van der Waals surface area contributed by atoms with Crippen LogP contribution in [0.2, 0.25) is 0 Å². The molecule has 114 valence electrons. The fourth-order valence-electron chi connectivity index (χ4n) is 2.57. The zero-order valence-electron chi connectivity index (χ0n) is 12.4. The van der Waals surface area contributed by atoms with E-state index in [0.29, 0.717) is 22.1 Å². The zero-order valence-corrected chi connectivity index (χ0v) is 12.4. The first-order chi connectivity index (χ1) is 11.1. The fraction of sp³-hybridized carbons (Fsp3) is 0.111. The van der Waals surface area contributed by atoms with E-state index >= 15 is 0 Å². The van der Waals surface area contributed by atoms with Crippen molar-refractivity contribution in [1.29, 1.82) is 5.26 Å². The highest BCUT2D eigenvalue weighted by Crippen LogP contribution is 2.31. The third kappa shape index (κ3) is 2.67.